The summed E-state index contributed by atoms with van der Waals surface area (Å²) < 4.78 is 0. The fourth-order valence-corrected chi connectivity index (χ4v) is 3.32. The largest absolute Gasteiger partial charge is 0.481 e. The van der Waals surface area contributed by atoms with Gasteiger partial charge in [-0.1, -0.05) is 13.3 Å². The van der Waals surface area contributed by atoms with Crippen molar-refractivity contribution in [2.45, 2.75) is 51.0 Å². The first-order valence-electron chi connectivity index (χ1n) is 7.17. The van der Waals surface area contributed by atoms with Gasteiger partial charge >= 0.3 is 5.97 Å². The van der Waals surface area contributed by atoms with Gasteiger partial charge in [-0.2, -0.15) is 0 Å². The van der Waals surface area contributed by atoms with Crippen LogP contribution < -0.4 is 5.32 Å². The third-order valence-electron chi connectivity index (χ3n) is 4.89. The number of carbonyl (C=O) groups is 2. The van der Waals surface area contributed by atoms with Gasteiger partial charge in [0.15, 0.2) is 0 Å². The summed E-state index contributed by atoms with van der Waals surface area (Å²) in [6.45, 7) is 1.98. The number of rotatable bonds is 5. The Balaban J connectivity index is 2.02. The van der Waals surface area contributed by atoms with E-state index in [1.54, 1.807) is 0 Å². The number of hydrogen-bond donors (Lipinski definition) is 3. The van der Waals surface area contributed by atoms with Crippen molar-refractivity contribution in [2.75, 3.05) is 6.61 Å². The molecule has 19 heavy (non-hydrogen) atoms. The van der Waals surface area contributed by atoms with E-state index in [4.69, 9.17) is 0 Å². The quantitative estimate of drug-likeness (QED) is 0.699. The molecular weight excluding hydrogens is 246 g/mol. The summed E-state index contributed by atoms with van der Waals surface area (Å²) >= 11 is 0. The fourth-order valence-electron chi connectivity index (χ4n) is 3.32. The molecular formula is C14H23NO4. The van der Waals surface area contributed by atoms with Crippen LogP contribution in [0.4, 0.5) is 0 Å². The van der Waals surface area contributed by atoms with E-state index in [-0.39, 0.29) is 12.5 Å². The van der Waals surface area contributed by atoms with Crippen LogP contribution in [0, 0.1) is 17.8 Å². The first-order valence-corrected chi connectivity index (χ1v) is 7.17. The number of amides is 1. The average Bonchev–Trinajstić information content (AvgIpc) is 2.78. The molecule has 3 N–H and O–H groups in total. The average molecular weight is 269 g/mol. The molecule has 108 valence electrons. The summed E-state index contributed by atoms with van der Waals surface area (Å²) in [4.78, 5) is 23.6. The second-order valence-corrected chi connectivity index (χ2v) is 6.08. The number of aliphatic hydroxyl groups is 1. The zero-order valence-corrected chi connectivity index (χ0v) is 11.4. The van der Waals surface area contributed by atoms with Crippen LogP contribution >= 0.6 is 0 Å². The Morgan fingerprint density at radius 2 is 1.89 bits per heavy atom. The molecule has 0 saturated heterocycles. The normalized spacial score (nSPS) is 32.6. The van der Waals surface area contributed by atoms with Gasteiger partial charge in [-0.05, 0) is 38.0 Å². The minimum absolute atomic E-state index is 0.0552. The number of nitrogens with one attached hydrogen (secondary N) is 1. The van der Waals surface area contributed by atoms with Gasteiger partial charge in [-0.25, -0.2) is 0 Å². The molecule has 0 aromatic rings. The van der Waals surface area contributed by atoms with Gasteiger partial charge in [-0.3, -0.25) is 9.59 Å². The maximum absolute atomic E-state index is 12.3. The van der Waals surface area contributed by atoms with Crippen molar-refractivity contribution < 1.29 is 19.8 Å². The Kier molecular flexibility index (Phi) is 4.13. The molecule has 3 atom stereocenters. The molecule has 0 aromatic carbocycles. The number of hydrogen-bond acceptors (Lipinski definition) is 3. The molecule has 0 radical (unpaired) electrons. The topological polar surface area (TPSA) is 86.6 Å². The molecule has 0 spiro atoms. The standard InChI is InChI=1S/C14H23NO4/c1-2-9-6-10(11(7-9)13(18)19)12(17)15-14(8-16)4-3-5-14/h9-11,16H,2-8H2,1H3,(H,15,17)(H,18,19)/t9?,10-,11+/m0/s1. The molecule has 0 heterocycles. The van der Waals surface area contributed by atoms with Crippen LogP contribution in [-0.4, -0.2) is 34.2 Å². The van der Waals surface area contributed by atoms with Crippen LogP contribution in [0.2, 0.25) is 0 Å². The lowest BCUT2D eigenvalue weighted by Crippen LogP contribution is -2.58. The lowest BCUT2D eigenvalue weighted by Gasteiger charge is -2.41. The van der Waals surface area contributed by atoms with Crippen LogP contribution in [0.5, 0.6) is 0 Å². The van der Waals surface area contributed by atoms with Crippen molar-refractivity contribution in [3.05, 3.63) is 0 Å². The monoisotopic (exact) mass is 269 g/mol. The summed E-state index contributed by atoms with van der Waals surface area (Å²) in [5.74, 6) is -1.74. The van der Waals surface area contributed by atoms with Crippen molar-refractivity contribution in [1.82, 2.24) is 5.32 Å². The number of carbonyl (C=O) groups excluding carboxylic acids is 1. The highest BCUT2D eigenvalue weighted by molar-refractivity contribution is 5.86. The van der Waals surface area contributed by atoms with Gasteiger partial charge in [0.25, 0.3) is 0 Å². The minimum atomic E-state index is -0.872. The highest BCUT2D eigenvalue weighted by Crippen LogP contribution is 2.40. The molecule has 5 nitrogen and oxygen atoms in total. The van der Waals surface area contributed by atoms with E-state index < -0.39 is 23.3 Å². The summed E-state index contributed by atoms with van der Waals surface area (Å²) in [5, 5.41) is 21.5. The van der Waals surface area contributed by atoms with Gasteiger partial charge in [0.2, 0.25) is 5.91 Å². The van der Waals surface area contributed by atoms with E-state index in [2.05, 4.69) is 5.32 Å². The highest BCUT2D eigenvalue weighted by atomic mass is 16.4. The van der Waals surface area contributed by atoms with Crippen LogP contribution in [0.1, 0.15) is 45.4 Å². The number of aliphatic hydroxyl groups excluding tert-OH is 1. The number of aliphatic carboxylic acids is 1. The first kappa shape index (κ1) is 14.3. The van der Waals surface area contributed by atoms with Crippen LogP contribution in [-0.2, 0) is 9.59 Å². The molecule has 2 aliphatic rings. The van der Waals surface area contributed by atoms with Crippen LogP contribution in [0.25, 0.3) is 0 Å². The Hall–Kier alpha value is -1.10. The zero-order chi connectivity index (χ0) is 14.0. The Morgan fingerprint density at radius 3 is 2.32 bits per heavy atom. The molecule has 5 heteroatoms. The maximum atomic E-state index is 12.3. The molecule has 2 rings (SSSR count). The van der Waals surface area contributed by atoms with Crippen LogP contribution in [0.15, 0.2) is 0 Å². The van der Waals surface area contributed by atoms with Crippen LogP contribution in [0.3, 0.4) is 0 Å². The van der Waals surface area contributed by atoms with Crippen molar-refractivity contribution >= 4 is 11.9 Å². The summed E-state index contributed by atoms with van der Waals surface area (Å²) in [7, 11) is 0. The van der Waals surface area contributed by atoms with Crippen molar-refractivity contribution in [2.24, 2.45) is 17.8 Å². The lowest BCUT2D eigenvalue weighted by molar-refractivity contribution is -0.147. The first-order chi connectivity index (χ1) is 9.01. The minimum Gasteiger partial charge on any atom is -0.481 e. The van der Waals surface area contributed by atoms with Gasteiger partial charge in [0.05, 0.1) is 24.0 Å². The van der Waals surface area contributed by atoms with E-state index in [0.29, 0.717) is 18.8 Å². The molecule has 2 aliphatic carbocycles. The van der Waals surface area contributed by atoms with E-state index >= 15 is 0 Å². The summed E-state index contributed by atoms with van der Waals surface area (Å²) in [5.41, 5.74) is -0.482. The smallest absolute Gasteiger partial charge is 0.307 e. The zero-order valence-electron chi connectivity index (χ0n) is 11.4. The lowest BCUT2D eigenvalue weighted by atomic mass is 9.77. The van der Waals surface area contributed by atoms with E-state index in [1.807, 2.05) is 6.92 Å². The molecule has 1 unspecified atom stereocenters. The second-order valence-electron chi connectivity index (χ2n) is 6.08. The molecule has 0 aliphatic heterocycles. The van der Waals surface area contributed by atoms with E-state index in [9.17, 15) is 19.8 Å². The van der Waals surface area contributed by atoms with Gasteiger partial charge in [0, 0.05) is 0 Å². The van der Waals surface area contributed by atoms with E-state index in [1.165, 1.54) is 0 Å². The van der Waals surface area contributed by atoms with Crippen molar-refractivity contribution in [1.29, 1.82) is 0 Å². The summed E-state index contributed by atoms with van der Waals surface area (Å²) in [6.07, 6.45) is 4.74. The van der Waals surface area contributed by atoms with Gasteiger partial charge in [-0.15, -0.1) is 0 Å². The Labute approximate surface area is 113 Å². The third kappa shape index (κ3) is 2.76. The molecule has 2 saturated carbocycles. The molecule has 0 bridgehead atoms. The predicted molar refractivity (Wildman–Crippen MR) is 69.4 cm³/mol. The van der Waals surface area contributed by atoms with Gasteiger partial charge < -0.3 is 15.5 Å². The number of carboxylic acids is 1. The van der Waals surface area contributed by atoms with E-state index in [0.717, 1.165) is 25.7 Å². The van der Waals surface area contributed by atoms with Gasteiger partial charge in [0.1, 0.15) is 0 Å². The second kappa shape index (κ2) is 5.49. The molecule has 1 amide bonds. The van der Waals surface area contributed by atoms with Crippen molar-refractivity contribution in [3.8, 4) is 0 Å². The predicted octanol–water partition coefficient (Wildman–Crippen LogP) is 1.15. The fraction of sp³-hybridized carbons (Fsp3) is 0.857. The Bertz CT molecular complexity index is 359. The van der Waals surface area contributed by atoms with Crippen molar-refractivity contribution in [3.63, 3.8) is 0 Å². The molecule has 2 fully saturated rings. The summed E-state index contributed by atoms with van der Waals surface area (Å²) in [6, 6.07) is 0. The maximum Gasteiger partial charge on any atom is 0.307 e. The highest BCUT2D eigenvalue weighted by Gasteiger charge is 2.45. The third-order valence-corrected chi connectivity index (χ3v) is 4.89. The SMILES string of the molecule is CCC1C[C@H](C(=O)NC2(CO)CCC2)[C@H](C(=O)O)C1. The molecule has 0 aromatic heterocycles. The number of carboxylic acid groups (broad SMARTS) is 1. The Morgan fingerprint density at radius 1 is 1.26 bits per heavy atom.